The van der Waals surface area contributed by atoms with Crippen molar-refractivity contribution in [1.82, 2.24) is 5.32 Å². The molecule has 5 heteroatoms. The lowest BCUT2D eigenvalue weighted by atomic mass is 10.0. The van der Waals surface area contributed by atoms with E-state index in [1.807, 2.05) is 30.3 Å². The molecule has 2 nitrogen and oxygen atoms in total. The van der Waals surface area contributed by atoms with E-state index >= 15 is 0 Å². The minimum Gasteiger partial charge on any atom is -0.355 e. The molecule has 140 valence electrons. The third-order valence-electron chi connectivity index (χ3n) is 4.34. The maximum absolute atomic E-state index is 12.1. The standard InChI is InChI=1S/C22H21Cl2NOS/c23-19-10-8-18(21(24)14-19)15-27-13-12-25-22(26)11-9-17-6-3-5-16-4-1-2-7-20(16)17/h1-8,10,14H,9,11-13,15H2,(H,25,26). The summed E-state index contributed by atoms with van der Waals surface area (Å²) >= 11 is 13.8. The first-order valence-corrected chi connectivity index (χ1v) is 10.8. The predicted octanol–water partition coefficient (Wildman–Crippen LogP) is 6.13. The van der Waals surface area contributed by atoms with Crippen LogP contribution in [0.1, 0.15) is 17.5 Å². The summed E-state index contributed by atoms with van der Waals surface area (Å²) in [6.45, 7) is 0.657. The topological polar surface area (TPSA) is 29.1 Å². The van der Waals surface area contributed by atoms with Gasteiger partial charge in [-0.1, -0.05) is 71.7 Å². The fraction of sp³-hybridized carbons (Fsp3) is 0.227. The van der Waals surface area contributed by atoms with Gasteiger partial charge in [-0.3, -0.25) is 4.79 Å². The van der Waals surface area contributed by atoms with E-state index in [0.29, 0.717) is 23.0 Å². The van der Waals surface area contributed by atoms with Gasteiger partial charge in [0.15, 0.2) is 0 Å². The van der Waals surface area contributed by atoms with Gasteiger partial charge in [0.05, 0.1) is 0 Å². The number of carbonyl (C=O) groups is 1. The Hall–Kier alpha value is -1.68. The molecular formula is C22H21Cl2NOS. The molecule has 0 heterocycles. The van der Waals surface area contributed by atoms with Gasteiger partial charge < -0.3 is 5.32 Å². The van der Waals surface area contributed by atoms with Gasteiger partial charge in [-0.05, 0) is 40.5 Å². The first kappa shape index (κ1) is 20.1. The summed E-state index contributed by atoms with van der Waals surface area (Å²) in [7, 11) is 0. The molecule has 1 amide bonds. The van der Waals surface area contributed by atoms with Crippen LogP contribution in [0.25, 0.3) is 10.8 Å². The molecule has 0 unspecified atom stereocenters. The predicted molar refractivity (Wildman–Crippen MR) is 118 cm³/mol. The Balaban J connectivity index is 1.38. The van der Waals surface area contributed by atoms with Crippen LogP contribution in [0.5, 0.6) is 0 Å². The maximum atomic E-state index is 12.1. The fourth-order valence-electron chi connectivity index (χ4n) is 2.93. The largest absolute Gasteiger partial charge is 0.355 e. The highest BCUT2D eigenvalue weighted by molar-refractivity contribution is 7.98. The van der Waals surface area contributed by atoms with Crippen LogP contribution in [0.3, 0.4) is 0 Å². The highest BCUT2D eigenvalue weighted by atomic mass is 35.5. The average Bonchev–Trinajstić information content (AvgIpc) is 2.67. The van der Waals surface area contributed by atoms with Crippen molar-refractivity contribution in [2.24, 2.45) is 0 Å². The second-order valence-electron chi connectivity index (χ2n) is 6.28. The summed E-state index contributed by atoms with van der Waals surface area (Å²) in [5, 5.41) is 6.77. The van der Waals surface area contributed by atoms with E-state index in [2.05, 4.69) is 29.6 Å². The van der Waals surface area contributed by atoms with Crippen molar-refractivity contribution in [3.63, 3.8) is 0 Å². The Labute approximate surface area is 174 Å². The van der Waals surface area contributed by atoms with E-state index in [4.69, 9.17) is 23.2 Å². The molecule has 0 bridgehead atoms. The van der Waals surface area contributed by atoms with Crippen molar-refractivity contribution in [1.29, 1.82) is 0 Å². The number of rotatable bonds is 8. The molecule has 0 saturated heterocycles. The van der Waals surface area contributed by atoms with Crippen molar-refractivity contribution in [3.8, 4) is 0 Å². The molecular weight excluding hydrogens is 397 g/mol. The van der Waals surface area contributed by atoms with Crippen LogP contribution in [0.15, 0.2) is 60.7 Å². The van der Waals surface area contributed by atoms with Crippen LogP contribution in [-0.4, -0.2) is 18.2 Å². The van der Waals surface area contributed by atoms with Crippen LogP contribution in [0.4, 0.5) is 0 Å². The minimum atomic E-state index is 0.0908. The third-order valence-corrected chi connectivity index (χ3v) is 5.94. The normalized spacial score (nSPS) is 10.9. The van der Waals surface area contributed by atoms with E-state index in [9.17, 15) is 4.79 Å². The summed E-state index contributed by atoms with van der Waals surface area (Å²) in [4.78, 5) is 12.1. The average molecular weight is 418 g/mol. The summed E-state index contributed by atoms with van der Waals surface area (Å²) in [6.07, 6.45) is 1.25. The summed E-state index contributed by atoms with van der Waals surface area (Å²) in [5.41, 5.74) is 2.28. The molecule has 0 spiro atoms. The molecule has 0 radical (unpaired) electrons. The summed E-state index contributed by atoms with van der Waals surface area (Å²) in [6, 6.07) is 20.1. The number of fused-ring (bicyclic) bond motifs is 1. The number of benzene rings is 3. The Morgan fingerprint density at radius 3 is 2.63 bits per heavy atom. The smallest absolute Gasteiger partial charge is 0.220 e. The molecule has 1 N–H and O–H groups in total. The van der Waals surface area contributed by atoms with Crippen molar-refractivity contribution in [2.75, 3.05) is 12.3 Å². The molecule has 0 saturated carbocycles. The second-order valence-corrected chi connectivity index (χ2v) is 8.23. The zero-order chi connectivity index (χ0) is 19.1. The number of nitrogens with one attached hydrogen (secondary N) is 1. The monoisotopic (exact) mass is 417 g/mol. The van der Waals surface area contributed by atoms with E-state index in [-0.39, 0.29) is 5.91 Å². The molecule has 0 atom stereocenters. The van der Waals surface area contributed by atoms with Crippen LogP contribution >= 0.6 is 35.0 Å². The summed E-state index contributed by atoms with van der Waals surface area (Å²) < 4.78 is 0. The number of halogens is 2. The number of aryl methyl sites for hydroxylation is 1. The number of hydrogen-bond donors (Lipinski definition) is 1. The van der Waals surface area contributed by atoms with Crippen molar-refractivity contribution >= 4 is 51.6 Å². The zero-order valence-electron chi connectivity index (χ0n) is 14.9. The molecule has 27 heavy (non-hydrogen) atoms. The molecule has 3 aromatic rings. The number of thioether (sulfide) groups is 1. The molecule has 3 rings (SSSR count). The van der Waals surface area contributed by atoms with Gasteiger partial charge in [-0.25, -0.2) is 0 Å². The Kier molecular flexibility index (Phi) is 7.45. The van der Waals surface area contributed by atoms with E-state index < -0.39 is 0 Å². The quantitative estimate of drug-likeness (QED) is 0.446. The molecule has 0 aromatic heterocycles. The zero-order valence-corrected chi connectivity index (χ0v) is 17.2. The first-order valence-electron chi connectivity index (χ1n) is 8.88. The number of amides is 1. The lowest BCUT2D eigenvalue weighted by Crippen LogP contribution is -2.25. The molecule has 3 aromatic carbocycles. The van der Waals surface area contributed by atoms with Gasteiger partial charge in [-0.15, -0.1) is 0 Å². The van der Waals surface area contributed by atoms with Crippen LogP contribution in [-0.2, 0) is 17.0 Å². The molecule has 0 aliphatic rings. The van der Waals surface area contributed by atoms with E-state index in [1.165, 1.54) is 16.3 Å². The highest BCUT2D eigenvalue weighted by Crippen LogP contribution is 2.24. The minimum absolute atomic E-state index is 0.0908. The number of hydrogen-bond acceptors (Lipinski definition) is 2. The SMILES string of the molecule is O=C(CCc1cccc2ccccc12)NCCSCc1ccc(Cl)cc1Cl. The van der Waals surface area contributed by atoms with Crippen molar-refractivity contribution < 1.29 is 4.79 Å². The van der Waals surface area contributed by atoms with Crippen LogP contribution in [0, 0.1) is 0 Å². The van der Waals surface area contributed by atoms with Gasteiger partial charge >= 0.3 is 0 Å². The van der Waals surface area contributed by atoms with Gasteiger partial charge in [0.1, 0.15) is 0 Å². The van der Waals surface area contributed by atoms with E-state index in [0.717, 1.165) is 23.5 Å². The molecule has 0 aliphatic carbocycles. The van der Waals surface area contributed by atoms with Crippen molar-refractivity contribution in [2.45, 2.75) is 18.6 Å². The third kappa shape index (κ3) is 5.90. The molecule has 0 aliphatic heterocycles. The van der Waals surface area contributed by atoms with Crippen molar-refractivity contribution in [3.05, 3.63) is 81.8 Å². The van der Waals surface area contributed by atoms with Crippen LogP contribution < -0.4 is 5.32 Å². The number of carbonyl (C=O) groups excluding carboxylic acids is 1. The lowest BCUT2D eigenvalue weighted by molar-refractivity contribution is -0.120. The van der Waals surface area contributed by atoms with Gasteiger partial charge in [0.25, 0.3) is 0 Å². The Bertz CT molecular complexity index is 924. The molecule has 0 fully saturated rings. The van der Waals surface area contributed by atoms with Gasteiger partial charge in [0, 0.05) is 34.5 Å². The Morgan fingerprint density at radius 2 is 1.78 bits per heavy atom. The lowest BCUT2D eigenvalue weighted by Gasteiger charge is -2.08. The maximum Gasteiger partial charge on any atom is 0.220 e. The fourth-order valence-corrected chi connectivity index (χ4v) is 4.35. The first-order chi connectivity index (χ1) is 13.1. The second kappa shape index (κ2) is 10.0. The summed E-state index contributed by atoms with van der Waals surface area (Å²) in [5.74, 6) is 1.74. The highest BCUT2D eigenvalue weighted by Gasteiger charge is 2.06. The Morgan fingerprint density at radius 1 is 0.963 bits per heavy atom. The van der Waals surface area contributed by atoms with Gasteiger partial charge in [0.2, 0.25) is 5.91 Å². The van der Waals surface area contributed by atoms with E-state index in [1.54, 1.807) is 17.8 Å². The van der Waals surface area contributed by atoms with Gasteiger partial charge in [-0.2, -0.15) is 11.8 Å². The van der Waals surface area contributed by atoms with Crippen LogP contribution in [0.2, 0.25) is 10.0 Å².